The minimum atomic E-state index is -2.01. The quantitative estimate of drug-likeness (QED) is 0.0728. The zero-order valence-electron chi connectivity index (χ0n) is 55.4. The zero-order chi connectivity index (χ0) is 63.7. The molecule has 0 fully saturated rings. The van der Waals surface area contributed by atoms with Crippen LogP contribution in [0.4, 0.5) is 8.78 Å². The molecule has 0 saturated carbocycles. The summed E-state index contributed by atoms with van der Waals surface area (Å²) in [7, 11) is 5.05. The summed E-state index contributed by atoms with van der Waals surface area (Å²) in [4.78, 5) is 0. The molecule has 0 aliphatic heterocycles. The van der Waals surface area contributed by atoms with Crippen molar-refractivity contribution in [2.24, 2.45) is 0 Å². The predicted molar refractivity (Wildman–Crippen MR) is 372 cm³/mol. The van der Waals surface area contributed by atoms with Crippen molar-refractivity contribution in [3.63, 3.8) is 0 Å². The Morgan fingerprint density at radius 2 is 0.747 bits per heavy atom. The molecule has 0 spiro atoms. The van der Waals surface area contributed by atoms with Crippen molar-refractivity contribution in [2.45, 2.75) is 164 Å². The number of nitrogens with zero attached hydrogens (tertiary/aromatic N) is 2. The molecule has 2 N–H and O–H groups in total. The fraction of sp³-hybridized carbons (Fsp3) is 0.351. The van der Waals surface area contributed by atoms with Gasteiger partial charge < -0.3 is 28.1 Å². The molecule has 8 aromatic carbocycles. The number of benzene rings is 8. The van der Waals surface area contributed by atoms with Crippen molar-refractivity contribution < 1.29 is 27.7 Å². The number of phenolic OH excluding ortho intramolecular Hbond substituents is 2. The Morgan fingerprint density at radius 3 is 1.07 bits per heavy atom. The molecule has 0 aliphatic carbocycles. The topological polar surface area (TPSA) is 55.7 Å². The second-order valence-corrected chi connectivity index (χ2v) is 40.8. The molecule has 0 saturated heterocycles. The molecule has 87 heavy (non-hydrogen) atoms. The highest BCUT2D eigenvalue weighted by molar-refractivity contribution is 6.92. The van der Waals surface area contributed by atoms with E-state index in [9.17, 15) is 10.2 Å². The van der Waals surface area contributed by atoms with Gasteiger partial charge in [-0.25, -0.2) is 8.78 Å². The van der Waals surface area contributed by atoms with Crippen molar-refractivity contribution in [2.75, 3.05) is 13.2 Å². The number of aromatic nitrogens is 2. The SMILES string of the molecule is [CH2-][O+](CCC[O+]([CH2-])c1c(C)cc(F)cc1-c1cc(C(C)(C)C)cc(-n2c3cc(C)ccc3c3ccc([Si](C)(C)C(C)(C)C)cc32)c1O)c1c(C)cc(F)cc1-c1cc(C(C)(C)C)cc(-n2c3cc(C)ccc3c3ccc([Si](C)(C)C(C)(C)C)cc32)c1O. The first kappa shape index (κ1) is 62.9. The van der Waals surface area contributed by atoms with Gasteiger partial charge in [0.15, 0.2) is 13.2 Å². The summed E-state index contributed by atoms with van der Waals surface area (Å²) in [6.45, 7) is 45.2. The van der Waals surface area contributed by atoms with Gasteiger partial charge in [0.05, 0.1) is 60.7 Å². The van der Waals surface area contributed by atoms with E-state index in [1.165, 1.54) is 34.6 Å². The van der Waals surface area contributed by atoms with Gasteiger partial charge in [0.2, 0.25) is 11.5 Å². The lowest BCUT2D eigenvalue weighted by Crippen LogP contribution is -2.49. The molecule has 2 aromatic heterocycles. The van der Waals surface area contributed by atoms with Gasteiger partial charge in [-0.3, -0.25) is 0 Å². The number of rotatable bonds is 12. The van der Waals surface area contributed by atoms with E-state index in [1.807, 2.05) is 26.0 Å². The molecule has 456 valence electrons. The average Bonchev–Trinajstić information content (AvgIpc) is 1.67. The van der Waals surface area contributed by atoms with E-state index in [0.717, 1.165) is 65.9 Å². The minimum absolute atomic E-state index is 0.0335. The number of hydrogen-bond donors (Lipinski definition) is 2. The van der Waals surface area contributed by atoms with Crippen LogP contribution >= 0.6 is 0 Å². The summed E-state index contributed by atoms with van der Waals surface area (Å²) in [6, 6.07) is 41.0. The van der Waals surface area contributed by atoms with Crippen LogP contribution < -0.4 is 10.4 Å². The normalized spacial score (nSPS) is 13.1. The molecule has 0 amide bonds. The van der Waals surface area contributed by atoms with Crippen LogP contribution in [0.2, 0.25) is 36.3 Å². The van der Waals surface area contributed by atoms with Gasteiger partial charge in [-0.1, -0.05) is 168 Å². The molecule has 0 radical (unpaired) electrons. The van der Waals surface area contributed by atoms with Gasteiger partial charge in [0.25, 0.3) is 0 Å². The van der Waals surface area contributed by atoms with E-state index in [1.54, 1.807) is 0 Å². The Balaban J connectivity index is 1.06. The lowest BCUT2D eigenvalue weighted by Gasteiger charge is -2.37. The van der Waals surface area contributed by atoms with Crippen molar-refractivity contribution in [1.82, 2.24) is 9.13 Å². The molecule has 10 aromatic rings. The Kier molecular flexibility index (Phi) is 15.8. The lowest BCUT2D eigenvalue weighted by atomic mass is 9.84. The number of aromatic hydroxyl groups is 2. The van der Waals surface area contributed by atoms with Crippen LogP contribution in [-0.2, 0) is 19.6 Å². The Labute approximate surface area is 518 Å². The molecule has 0 atom stereocenters. The summed E-state index contributed by atoms with van der Waals surface area (Å²) in [5.74, 6) is 0.415. The summed E-state index contributed by atoms with van der Waals surface area (Å²) in [6.07, 6.45) is 0.474. The first-order chi connectivity index (χ1) is 40.3. The van der Waals surface area contributed by atoms with E-state index in [-0.39, 0.29) is 32.4 Å². The van der Waals surface area contributed by atoms with Gasteiger partial charge in [-0.05, 0) is 158 Å². The van der Waals surface area contributed by atoms with E-state index in [0.29, 0.717) is 75.9 Å². The highest BCUT2D eigenvalue weighted by atomic mass is 28.3. The van der Waals surface area contributed by atoms with Crippen molar-refractivity contribution >= 4 is 70.1 Å². The lowest BCUT2D eigenvalue weighted by molar-refractivity contribution is -0.0170. The third kappa shape index (κ3) is 11.1. The van der Waals surface area contributed by atoms with Crippen LogP contribution in [0, 0.1) is 53.5 Å². The Morgan fingerprint density at radius 1 is 0.425 bits per heavy atom. The minimum Gasteiger partial charge on any atom is -0.711 e. The summed E-state index contributed by atoms with van der Waals surface area (Å²) >= 11 is 0. The van der Waals surface area contributed by atoms with Crippen LogP contribution in [0.1, 0.15) is 123 Å². The zero-order valence-corrected chi connectivity index (χ0v) is 57.4. The molecule has 2 heterocycles. The monoisotopic (exact) mass is 1200 g/mol. The molecule has 0 aliphatic rings. The maximum atomic E-state index is 16.2. The van der Waals surface area contributed by atoms with Crippen molar-refractivity contribution in [1.29, 1.82) is 0 Å². The molecular weight excluding hydrogens is 1110 g/mol. The van der Waals surface area contributed by atoms with Crippen LogP contribution in [0.3, 0.4) is 0 Å². The first-order valence-electron chi connectivity index (χ1n) is 30.8. The highest BCUT2D eigenvalue weighted by Crippen LogP contribution is 2.51. The number of fused-ring (bicyclic) bond motifs is 6. The standard InChI is InChI=1S/C77H92F2N2O4Si2/c1-46-24-28-56-58-30-26-54(86(19,20)76(11,12)13)44-66(58)80(64(56)34-46)68-40-50(74(5,6)7)38-60(70(68)82)62-42-52(78)36-48(3)72(62)84(17)32-23-33-85(18)73-49(4)37-53(79)43-63(73)61-39-51(75(8,9)10)41-69(71(61)83)81-65-35-47(2)25-29-57(65)59-31-27-55(45-67(59)81)87(21,22)77(14,15)16/h24-31,34-45,82-83H,17-18,23,32-33H2,1-16,19-22H3. The third-order valence-corrected chi connectivity index (χ3v) is 30.9. The fourth-order valence-electron chi connectivity index (χ4n) is 12.5. The smallest absolute Gasteiger partial charge is 0.237 e. The van der Waals surface area contributed by atoms with Gasteiger partial charge in [-0.2, -0.15) is 0 Å². The van der Waals surface area contributed by atoms with Gasteiger partial charge in [-0.15, -0.1) is 0 Å². The van der Waals surface area contributed by atoms with Crippen LogP contribution in [-0.4, -0.2) is 48.7 Å². The molecule has 10 rings (SSSR count). The van der Waals surface area contributed by atoms with E-state index < -0.39 is 27.8 Å². The summed E-state index contributed by atoms with van der Waals surface area (Å²) < 4.78 is 42.8. The second kappa shape index (κ2) is 21.9. The maximum absolute atomic E-state index is 16.2. The number of halogens is 2. The Bertz CT molecular complexity index is 4100. The first-order valence-corrected chi connectivity index (χ1v) is 36.8. The van der Waals surface area contributed by atoms with Crippen molar-refractivity contribution in [3.05, 3.63) is 181 Å². The molecular formula is C77H92F2N2O4Si2. The maximum Gasteiger partial charge on any atom is 0.237 e. The molecule has 6 nitrogen and oxygen atoms in total. The van der Waals surface area contributed by atoms with Gasteiger partial charge >= 0.3 is 0 Å². The van der Waals surface area contributed by atoms with Crippen molar-refractivity contribution in [3.8, 4) is 56.6 Å². The van der Waals surface area contributed by atoms with E-state index in [4.69, 9.17) is 0 Å². The Hall–Kier alpha value is -7.15. The largest absolute Gasteiger partial charge is 0.711 e. The molecule has 0 bridgehead atoms. The number of hydrogen-bond acceptors (Lipinski definition) is 2. The van der Waals surface area contributed by atoms with Crippen LogP contribution in [0.25, 0.3) is 77.2 Å². The number of phenols is 2. The van der Waals surface area contributed by atoms with Gasteiger partial charge in [0, 0.05) is 43.8 Å². The number of aryl methyl sites for hydroxylation is 4. The van der Waals surface area contributed by atoms with Crippen LogP contribution in [0.15, 0.2) is 121 Å². The predicted octanol–water partition coefficient (Wildman–Crippen LogP) is 21.4. The van der Waals surface area contributed by atoms with Crippen LogP contribution in [0.5, 0.6) is 23.0 Å². The highest BCUT2D eigenvalue weighted by Gasteiger charge is 2.39. The second-order valence-electron chi connectivity index (χ2n) is 30.2. The van der Waals surface area contributed by atoms with E-state index in [2.05, 4.69) is 240 Å². The fourth-order valence-corrected chi connectivity index (χ4v) is 16.2. The average molecular weight is 1200 g/mol. The van der Waals surface area contributed by atoms with Gasteiger partial charge in [0.1, 0.15) is 29.6 Å². The molecule has 0 unspecified atom stereocenters. The summed E-state index contributed by atoms with van der Waals surface area (Å²) in [5, 5.41) is 33.3. The molecule has 10 heteroatoms. The third-order valence-electron chi connectivity index (χ3n) is 19.9. The van der Waals surface area contributed by atoms with E-state index >= 15 is 8.78 Å². The summed E-state index contributed by atoms with van der Waals surface area (Å²) in [5.41, 5.74) is 11.9.